The molecular formula is C19H26N2O. The Morgan fingerprint density at radius 3 is 2.68 bits per heavy atom. The molecule has 0 radical (unpaired) electrons. The summed E-state index contributed by atoms with van der Waals surface area (Å²) in [6.07, 6.45) is 2.24. The lowest BCUT2D eigenvalue weighted by molar-refractivity contribution is -0.182. The van der Waals surface area contributed by atoms with E-state index in [1.165, 1.54) is 5.56 Å². The Bertz CT molecular complexity index is 618. The molecule has 1 aliphatic heterocycles. The molecule has 3 nitrogen and oxygen atoms in total. The lowest BCUT2D eigenvalue weighted by Gasteiger charge is -2.46. The van der Waals surface area contributed by atoms with Crippen molar-refractivity contribution in [2.75, 3.05) is 7.05 Å². The molecule has 4 atom stereocenters. The van der Waals surface area contributed by atoms with Crippen LogP contribution < -0.4 is 0 Å². The van der Waals surface area contributed by atoms with Gasteiger partial charge < -0.3 is 0 Å². The molecular weight excluding hydrogens is 272 g/mol. The van der Waals surface area contributed by atoms with Crippen molar-refractivity contribution in [2.24, 2.45) is 11.8 Å². The predicted octanol–water partition coefficient (Wildman–Crippen LogP) is 3.89. The monoisotopic (exact) mass is 298 g/mol. The quantitative estimate of drug-likeness (QED) is 0.789. The van der Waals surface area contributed by atoms with Crippen LogP contribution in [0, 0.1) is 23.2 Å². The molecule has 3 heteroatoms. The minimum atomic E-state index is -0.123. The van der Waals surface area contributed by atoms with Crippen molar-refractivity contribution in [3.8, 4) is 6.07 Å². The van der Waals surface area contributed by atoms with Crippen molar-refractivity contribution in [3.63, 3.8) is 0 Å². The molecule has 0 N–H and O–H groups in total. The second kappa shape index (κ2) is 5.08. The van der Waals surface area contributed by atoms with E-state index in [4.69, 9.17) is 4.84 Å². The van der Waals surface area contributed by atoms with Crippen molar-refractivity contribution >= 4 is 0 Å². The van der Waals surface area contributed by atoms with E-state index in [2.05, 4.69) is 58.0 Å². The fraction of sp³-hybridized carbons (Fsp3) is 0.632. The maximum absolute atomic E-state index is 9.19. The Morgan fingerprint density at radius 2 is 2.00 bits per heavy atom. The Hall–Kier alpha value is -1.37. The molecule has 1 saturated carbocycles. The fourth-order valence-corrected chi connectivity index (χ4v) is 4.89. The number of fused-ring (bicyclic) bond motifs is 1. The number of hydroxylamine groups is 2. The van der Waals surface area contributed by atoms with Gasteiger partial charge in [0.15, 0.2) is 0 Å². The van der Waals surface area contributed by atoms with E-state index in [9.17, 15) is 5.26 Å². The van der Waals surface area contributed by atoms with Gasteiger partial charge in [-0.05, 0) is 55.7 Å². The van der Waals surface area contributed by atoms with Crippen molar-refractivity contribution in [1.29, 1.82) is 5.26 Å². The largest absolute Gasteiger partial charge is 0.293 e. The van der Waals surface area contributed by atoms with E-state index in [0.29, 0.717) is 17.9 Å². The second-order valence-electron chi connectivity index (χ2n) is 7.98. The van der Waals surface area contributed by atoms with Gasteiger partial charge in [-0.25, -0.2) is 0 Å². The third kappa shape index (κ3) is 2.35. The highest BCUT2D eigenvalue weighted by atomic mass is 16.7. The standard InChI is InChI=1S/C19H26N2O/c1-13-10-19(4,15-8-6-7-14(9-15)12-20)11-16-17(13)21(5)22-18(16,2)3/h6-9,13,16-17H,10-11H2,1-5H3/t13-,16+,17+,19+/m0/s1. The Balaban J connectivity index is 1.98. The first-order chi connectivity index (χ1) is 10.3. The van der Waals surface area contributed by atoms with Gasteiger partial charge in [-0.3, -0.25) is 4.84 Å². The minimum absolute atomic E-state index is 0.110. The number of benzene rings is 1. The topological polar surface area (TPSA) is 36.3 Å². The summed E-state index contributed by atoms with van der Waals surface area (Å²) >= 11 is 0. The molecule has 22 heavy (non-hydrogen) atoms. The van der Waals surface area contributed by atoms with Gasteiger partial charge >= 0.3 is 0 Å². The third-order valence-electron chi connectivity index (χ3n) is 5.82. The summed E-state index contributed by atoms with van der Waals surface area (Å²) in [4.78, 5) is 6.12. The number of nitriles is 1. The van der Waals surface area contributed by atoms with Crippen LogP contribution in [0.1, 0.15) is 51.7 Å². The van der Waals surface area contributed by atoms with Crippen LogP contribution in [0.4, 0.5) is 0 Å². The Morgan fingerprint density at radius 1 is 1.27 bits per heavy atom. The van der Waals surface area contributed by atoms with Gasteiger partial charge in [0.1, 0.15) is 0 Å². The molecule has 118 valence electrons. The van der Waals surface area contributed by atoms with Crippen molar-refractivity contribution in [1.82, 2.24) is 5.06 Å². The smallest absolute Gasteiger partial charge is 0.0991 e. The molecule has 0 spiro atoms. The van der Waals surface area contributed by atoms with Crippen LogP contribution in [0.2, 0.25) is 0 Å². The zero-order chi connectivity index (χ0) is 16.1. The normalized spacial score (nSPS) is 37.5. The van der Waals surface area contributed by atoms with Crippen LogP contribution in [0.25, 0.3) is 0 Å². The van der Waals surface area contributed by atoms with E-state index in [0.717, 1.165) is 18.4 Å². The van der Waals surface area contributed by atoms with Gasteiger partial charge in [0.25, 0.3) is 0 Å². The third-order valence-corrected chi connectivity index (χ3v) is 5.82. The zero-order valence-electron chi connectivity index (χ0n) is 14.3. The summed E-state index contributed by atoms with van der Waals surface area (Å²) in [5.41, 5.74) is 2.04. The van der Waals surface area contributed by atoms with Crippen LogP contribution in [0.3, 0.4) is 0 Å². The average Bonchev–Trinajstić information content (AvgIpc) is 2.68. The molecule has 1 aliphatic carbocycles. The Kier molecular flexibility index (Phi) is 3.58. The van der Waals surface area contributed by atoms with Crippen LogP contribution in [0.15, 0.2) is 24.3 Å². The first-order valence-corrected chi connectivity index (χ1v) is 8.19. The average molecular weight is 298 g/mol. The molecule has 2 aliphatic rings. The van der Waals surface area contributed by atoms with E-state index < -0.39 is 0 Å². The summed E-state index contributed by atoms with van der Waals surface area (Å²) < 4.78 is 0. The number of hydrogen-bond acceptors (Lipinski definition) is 3. The molecule has 1 saturated heterocycles. The molecule has 0 amide bonds. The molecule has 1 aromatic rings. The highest BCUT2D eigenvalue weighted by molar-refractivity contribution is 5.37. The number of nitrogens with zero attached hydrogens (tertiary/aromatic N) is 2. The van der Waals surface area contributed by atoms with Gasteiger partial charge in [-0.2, -0.15) is 10.3 Å². The molecule has 1 heterocycles. The highest BCUT2D eigenvalue weighted by Crippen LogP contribution is 2.53. The lowest BCUT2D eigenvalue weighted by atomic mass is 9.59. The van der Waals surface area contributed by atoms with E-state index in [1.54, 1.807) is 0 Å². The summed E-state index contributed by atoms with van der Waals surface area (Å²) in [7, 11) is 2.07. The molecule has 0 unspecified atom stereocenters. The predicted molar refractivity (Wildman–Crippen MR) is 87.1 cm³/mol. The van der Waals surface area contributed by atoms with Crippen LogP contribution >= 0.6 is 0 Å². The first kappa shape index (κ1) is 15.5. The van der Waals surface area contributed by atoms with E-state index in [1.807, 2.05) is 12.1 Å². The van der Waals surface area contributed by atoms with Gasteiger partial charge in [0.05, 0.1) is 17.2 Å². The van der Waals surface area contributed by atoms with E-state index >= 15 is 0 Å². The fourth-order valence-electron chi connectivity index (χ4n) is 4.89. The molecule has 0 aromatic heterocycles. The first-order valence-electron chi connectivity index (χ1n) is 8.19. The number of rotatable bonds is 1. The van der Waals surface area contributed by atoms with Gasteiger partial charge in [0, 0.05) is 19.0 Å². The lowest BCUT2D eigenvalue weighted by Crippen LogP contribution is -2.48. The Labute approximate surface area is 133 Å². The van der Waals surface area contributed by atoms with Crippen molar-refractivity contribution < 1.29 is 4.84 Å². The molecule has 1 aromatic carbocycles. The zero-order valence-corrected chi connectivity index (χ0v) is 14.3. The summed E-state index contributed by atoms with van der Waals surface area (Å²) in [6.45, 7) is 9.10. The summed E-state index contributed by atoms with van der Waals surface area (Å²) in [5, 5.41) is 11.3. The summed E-state index contributed by atoms with van der Waals surface area (Å²) in [6, 6.07) is 10.9. The van der Waals surface area contributed by atoms with Crippen molar-refractivity contribution in [2.45, 2.75) is 57.6 Å². The SMILES string of the molecule is C[C@H]1C[C@@](C)(c2cccc(C#N)c2)C[C@@H]2[C@@H]1N(C)OC2(C)C. The maximum atomic E-state index is 9.19. The highest BCUT2D eigenvalue weighted by Gasteiger charge is 2.55. The maximum Gasteiger partial charge on any atom is 0.0991 e. The van der Waals surface area contributed by atoms with Crippen LogP contribution in [-0.2, 0) is 10.3 Å². The van der Waals surface area contributed by atoms with Gasteiger partial charge in [-0.15, -0.1) is 0 Å². The van der Waals surface area contributed by atoms with Crippen LogP contribution in [0.5, 0.6) is 0 Å². The van der Waals surface area contributed by atoms with E-state index in [-0.39, 0.29) is 11.0 Å². The van der Waals surface area contributed by atoms with Crippen molar-refractivity contribution in [3.05, 3.63) is 35.4 Å². The van der Waals surface area contributed by atoms with Gasteiger partial charge in [-0.1, -0.05) is 26.0 Å². The van der Waals surface area contributed by atoms with Crippen LogP contribution in [-0.4, -0.2) is 23.8 Å². The minimum Gasteiger partial charge on any atom is -0.293 e. The van der Waals surface area contributed by atoms with Gasteiger partial charge in [0.2, 0.25) is 0 Å². The molecule has 3 rings (SSSR count). The molecule has 0 bridgehead atoms. The summed E-state index contributed by atoms with van der Waals surface area (Å²) in [5.74, 6) is 1.08. The second-order valence-corrected chi connectivity index (χ2v) is 7.98. The number of hydrogen-bond donors (Lipinski definition) is 0. The molecule has 2 fully saturated rings.